The van der Waals surface area contributed by atoms with Crippen molar-refractivity contribution >= 4 is 17.3 Å². The summed E-state index contributed by atoms with van der Waals surface area (Å²) in [5.74, 6) is 0.0655. The van der Waals surface area contributed by atoms with E-state index < -0.39 is 0 Å². The molecule has 15 heavy (non-hydrogen) atoms. The second-order valence-electron chi connectivity index (χ2n) is 4.86. The van der Waals surface area contributed by atoms with E-state index in [9.17, 15) is 4.79 Å². The first-order valence-electron chi connectivity index (χ1n) is 5.10. The van der Waals surface area contributed by atoms with Crippen LogP contribution in [0, 0.1) is 6.92 Å². The summed E-state index contributed by atoms with van der Waals surface area (Å²) in [6.07, 6.45) is 0.531. The summed E-state index contributed by atoms with van der Waals surface area (Å²) in [5.41, 5.74) is 9.56. The second kappa shape index (κ2) is 2.99. The van der Waals surface area contributed by atoms with Gasteiger partial charge in [-0.3, -0.25) is 4.79 Å². The van der Waals surface area contributed by atoms with E-state index in [2.05, 4.69) is 25.2 Å². The molecule has 0 fully saturated rings. The number of nitrogens with two attached hydrogens (primary N) is 1. The van der Waals surface area contributed by atoms with Crippen molar-refractivity contribution < 1.29 is 4.79 Å². The van der Waals surface area contributed by atoms with Gasteiger partial charge in [0.05, 0.1) is 0 Å². The SMILES string of the molecule is Cc1cc2c(cc1N)NC(=O)CC2(C)C. The molecule has 0 saturated heterocycles. The van der Waals surface area contributed by atoms with Crippen molar-refractivity contribution in [1.82, 2.24) is 0 Å². The first kappa shape index (κ1) is 10.0. The summed E-state index contributed by atoms with van der Waals surface area (Å²) in [5, 5.41) is 2.86. The minimum atomic E-state index is -0.101. The number of benzene rings is 1. The van der Waals surface area contributed by atoms with Gasteiger partial charge in [0, 0.05) is 23.2 Å². The molecule has 1 heterocycles. The number of hydrogen-bond acceptors (Lipinski definition) is 2. The Kier molecular flexibility index (Phi) is 2.00. The minimum absolute atomic E-state index is 0.0655. The Morgan fingerprint density at radius 2 is 2.07 bits per heavy atom. The molecule has 3 nitrogen and oxygen atoms in total. The number of nitrogens with one attached hydrogen (secondary N) is 1. The molecule has 3 N–H and O–H groups in total. The maximum atomic E-state index is 11.5. The number of carbonyl (C=O) groups excluding carboxylic acids is 1. The molecule has 0 aromatic heterocycles. The van der Waals surface area contributed by atoms with Crippen LogP contribution in [0.1, 0.15) is 31.4 Å². The molecule has 0 aliphatic carbocycles. The molecule has 1 amide bonds. The highest BCUT2D eigenvalue weighted by molar-refractivity contribution is 5.96. The van der Waals surface area contributed by atoms with E-state index in [1.165, 1.54) is 5.56 Å². The molecule has 1 aliphatic rings. The molecule has 0 spiro atoms. The number of fused-ring (bicyclic) bond motifs is 1. The van der Waals surface area contributed by atoms with Crippen LogP contribution in [-0.4, -0.2) is 5.91 Å². The van der Waals surface area contributed by atoms with E-state index >= 15 is 0 Å². The molecule has 2 rings (SSSR count). The van der Waals surface area contributed by atoms with E-state index in [1.807, 2.05) is 13.0 Å². The van der Waals surface area contributed by atoms with Gasteiger partial charge < -0.3 is 11.1 Å². The van der Waals surface area contributed by atoms with Crippen LogP contribution in [0.15, 0.2) is 12.1 Å². The van der Waals surface area contributed by atoms with Crippen molar-refractivity contribution in [3.63, 3.8) is 0 Å². The largest absolute Gasteiger partial charge is 0.398 e. The molecular formula is C12H16N2O. The lowest BCUT2D eigenvalue weighted by atomic mass is 9.77. The standard InChI is InChI=1S/C12H16N2O/c1-7-4-8-10(5-9(7)13)14-11(15)6-12(8,2)3/h4-5H,6,13H2,1-3H3,(H,14,15). The first-order valence-corrected chi connectivity index (χ1v) is 5.10. The van der Waals surface area contributed by atoms with Crippen molar-refractivity contribution in [3.05, 3.63) is 23.3 Å². The Balaban J connectivity index is 2.62. The van der Waals surface area contributed by atoms with E-state index in [-0.39, 0.29) is 11.3 Å². The van der Waals surface area contributed by atoms with Crippen LogP contribution in [0.4, 0.5) is 11.4 Å². The van der Waals surface area contributed by atoms with Crippen LogP contribution in [-0.2, 0) is 10.2 Å². The maximum Gasteiger partial charge on any atom is 0.225 e. The van der Waals surface area contributed by atoms with Gasteiger partial charge in [-0.25, -0.2) is 0 Å². The highest BCUT2D eigenvalue weighted by Gasteiger charge is 2.32. The number of hydrogen-bond donors (Lipinski definition) is 2. The molecule has 0 radical (unpaired) electrons. The van der Waals surface area contributed by atoms with Crippen molar-refractivity contribution in [2.75, 3.05) is 11.1 Å². The number of rotatable bonds is 0. The molecule has 1 aromatic carbocycles. The summed E-state index contributed by atoms with van der Waals surface area (Å²) >= 11 is 0. The molecule has 1 aliphatic heterocycles. The monoisotopic (exact) mass is 204 g/mol. The molecule has 0 bridgehead atoms. The molecule has 0 unspecified atom stereocenters. The highest BCUT2D eigenvalue weighted by atomic mass is 16.1. The first-order chi connectivity index (χ1) is 6.90. The summed E-state index contributed by atoms with van der Waals surface area (Å²) in [6, 6.07) is 3.92. The molecule has 80 valence electrons. The van der Waals surface area contributed by atoms with Crippen molar-refractivity contribution in [2.45, 2.75) is 32.6 Å². The fourth-order valence-corrected chi connectivity index (χ4v) is 2.08. The second-order valence-corrected chi connectivity index (χ2v) is 4.86. The van der Waals surface area contributed by atoms with Crippen molar-refractivity contribution in [3.8, 4) is 0 Å². The van der Waals surface area contributed by atoms with Crippen LogP contribution in [0.3, 0.4) is 0 Å². The number of aryl methyl sites for hydroxylation is 1. The van der Waals surface area contributed by atoms with Crippen LogP contribution in [0.2, 0.25) is 0 Å². The summed E-state index contributed by atoms with van der Waals surface area (Å²) in [7, 11) is 0. The van der Waals surface area contributed by atoms with Crippen LogP contribution in [0.25, 0.3) is 0 Å². The van der Waals surface area contributed by atoms with Gasteiger partial charge in [-0.15, -0.1) is 0 Å². The van der Waals surface area contributed by atoms with E-state index in [1.54, 1.807) is 0 Å². The topological polar surface area (TPSA) is 55.1 Å². The van der Waals surface area contributed by atoms with Gasteiger partial charge >= 0.3 is 0 Å². The Bertz CT molecular complexity index is 435. The Hall–Kier alpha value is -1.51. The van der Waals surface area contributed by atoms with E-state index in [0.29, 0.717) is 6.42 Å². The Labute approximate surface area is 89.7 Å². The molecular weight excluding hydrogens is 188 g/mol. The van der Waals surface area contributed by atoms with E-state index in [4.69, 9.17) is 5.73 Å². The maximum absolute atomic E-state index is 11.5. The fraction of sp³-hybridized carbons (Fsp3) is 0.417. The van der Waals surface area contributed by atoms with Gasteiger partial charge in [0.15, 0.2) is 0 Å². The molecule has 0 saturated carbocycles. The smallest absolute Gasteiger partial charge is 0.225 e. The third kappa shape index (κ3) is 1.58. The average Bonchev–Trinajstić information content (AvgIpc) is 2.07. The van der Waals surface area contributed by atoms with Gasteiger partial charge in [0.1, 0.15) is 0 Å². The van der Waals surface area contributed by atoms with Gasteiger partial charge in [0.25, 0.3) is 0 Å². The zero-order chi connectivity index (χ0) is 11.2. The van der Waals surface area contributed by atoms with Gasteiger partial charge in [-0.1, -0.05) is 19.9 Å². The number of nitrogen functional groups attached to an aromatic ring is 1. The quantitative estimate of drug-likeness (QED) is 0.636. The number of carbonyl (C=O) groups is 1. The van der Waals surface area contributed by atoms with Gasteiger partial charge in [-0.2, -0.15) is 0 Å². The normalized spacial score (nSPS) is 18.2. The molecule has 3 heteroatoms. The van der Waals surface area contributed by atoms with E-state index in [0.717, 1.165) is 16.9 Å². The van der Waals surface area contributed by atoms with Crippen LogP contribution < -0.4 is 11.1 Å². The fourth-order valence-electron chi connectivity index (χ4n) is 2.08. The third-order valence-corrected chi connectivity index (χ3v) is 3.01. The summed E-state index contributed by atoms with van der Waals surface area (Å²) in [6.45, 7) is 6.16. The van der Waals surface area contributed by atoms with Crippen LogP contribution in [0.5, 0.6) is 0 Å². The Morgan fingerprint density at radius 3 is 2.73 bits per heavy atom. The van der Waals surface area contributed by atoms with Crippen molar-refractivity contribution in [2.24, 2.45) is 0 Å². The predicted octanol–water partition coefficient (Wildman–Crippen LogP) is 2.20. The van der Waals surface area contributed by atoms with Crippen molar-refractivity contribution in [1.29, 1.82) is 0 Å². The lowest BCUT2D eigenvalue weighted by Crippen LogP contribution is -2.32. The zero-order valence-corrected chi connectivity index (χ0v) is 9.35. The summed E-state index contributed by atoms with van der Waals surface area (Å²) < 4.78 is 0. The molecule has 0 atom stereocenters. The Morgan fingerprint density at radius 1 is 1.40 bits per heavy atom. The average molecular weight is 204 g/mol. The predicted molar refractivity (Wildman–Crippen MR) is 61.9 cm³/mol. The lowest BCUT2D eigenvalue weighted by molar-refractivity contribution is -0.117. The number of anilines is 2. The van der Waals surface area contributed by atoms with Gasteiger partial charge in [0.2, 0.25) is 5.91 Å². The molecule has 1 aromatic rings. The summed E-state index contributed by atoms with van der Waals surface area (Å²) in [4.78, 5) is 11.5. The lowest BCUT2D eigenvalue weighted by Gasteiger charge is -2.32. The van der Waals surface area contributed by atoms with Gasteiger partial charge in [-0.05, 0) is 24.1 Å². The van der Waals surface area contributed by atoms with Crippen LogP contribution >= 0.6 is 0 Å². The third-order valence-electron chi connectivity index (χ3n) is 3.01. The zero-order valence-electron chi connectivity index (χ0n) is 9.35. The number of amides is 1. The highest BCUT2D eigenvalue weighted by Crippen LogP contribution is 2.38. The minimum Gasteiger partial charge on any atom is -0.398 e.